The number of nitrogens with one attached hydrogen (secondary N) is 1. The fourth-order valence-electron chi connectivity index (χ4n) is 2.34. The second kappa shape index (κ2) is 5.99. The van der Waals surface area contributed by atoms with E-state index in [0.29, 0.717) is 18.4 Å². The van der Waals surface area contributed by atoms with E-state index in [2.05, 4.69) is 10.3 Å². The van der Waals surface area contributed by atoms with Gasteiger partial charge in [0.2, 0.25) is 0 Å². The van der Waals surface area contributed by atoms with Crippen LogP contribution < -0.4 is 15.6 Å². The van der Waals surface area contributed by atoms with Gasteiger partial charge in [0.15, 0.2) is 5.82 Å². The average molecular weight is 285 g/mol. The zero-order valence-electron chi connectivity index (χ0n) is 12.1. The van der Waals surface area contributed by atoms with Gasteiger partial charge in [0.1, 0.15) is 5.75 Å². The molecule has 5 nitrogen and oxygen atoms in total. The third-order valence-corrected chi connectivity index (χ3v) is 3.65. The molecule has 1 saturated carbocycles. The molecule has 0 radical (unpaired) electrons. The molecule has 0 aliphatic heterocycles. The lowest BCUT2D eigenvalue weighted by atomic mass is 10.1. The maximum absolute atomic E-state index is 12.2. The first kappa shape index (κ1) is 13.7. The van der Waals surface area contributed by atoms with Crippen LogP contribution in [0.3, 0.4) is 0 Å². The van der Waals surface area contributed by atoms with Gasteiger partial charge in [0.05, 0.1) is 7.11 Å². The van der Waals surface area contributed by atoms with E-state index >= 15 is 0 Å². The summed E-state index contributed by atoms with van der Waals surface area (Å²) in [5, 5.41) is 3.14. The van der Waals surface area contributed by atoms with Gasteiger partial charge in [-0.3, -0.25) is 4.79 Å². The summed E-state index contributed by atoms with van der Waals surface area (Å²) < 4.78 is 6.98. The molecule has 1 heterocycles. The van der Waals surface area contributed by atoms with E-state index in [1.165, 1.54) is 5.56 Å². The monoisotopic (exact) mass is 285 g/mol. The molecule has 1 fully saturated rings. The molecular weight excluding hydrogens is 266 g/mol. The Morgan fingerprint density at radius 2 is 2.29 bits per heavy atom. The van der Waals surface area contributed by atoms with E-state index in [0.717, 1.165) is 25.0 Å². The molecule has 1 aliphatic carbocycles. The molecule has 0 unspecified atom stereocenters. The molecule has 3 rings (SSSR count). The number of nitrogens with zero attached hydrogens (tertiary/aromatic N) is 2. The summed E-state index contributed by atoms with van der Waals surface area (Å²) in [6, 6.07) is 8.31. The molecule has 2 aromatic rings. The number of methoxy groups -OCH3 is 1. The van der Waals surface area contributed by atoms with Crippen LogP contribution in [0.2, 0.25) is 0 Å². The molecule has 0 bridgehead atoms. The summed E-state index contributed by atoms with van der Waals surface area (Å²) in [5.74, 6) is 1.29. The number of rotatable bonds is 6. The Kier molecular flexibility index (Phi) is 3.90. The minimum absolute atomic E-state index is 0.0226. The van der Waals surface area contributed by atoms with E-state index in [9.17, 15) is 4.79 Å². The lowest BCUT2D eigenvalue weighted by Gasteiger charge is -2.08. The molecule has 1 aromatic carbocycles. The standard InChI is InChI=1S/C16H19N3O2/c1-21-14-4-2-3-12(11-14)7-8-17-15-16(20)19(10-9-18-15)13-5-6-13/h2-4,9-11,13H,5-8H2,1H3,(H,17,18). The molecule has 1 N–H and O–H groups in total. The predicted octanol–water partition coefficient (Wildman–Crippen LogP) is 2.24. The van der Waals surface area contributed by atoms with E-state index in [1.807, 2.05) is 24.3 Å². The number of ether oxygens (including phenoxy) is 1. The smallest absolute Gasteiger partial charge is 0.293 e. The lowest BCUT2D eigenvalue weighted by molar-refractivity contribution is 0.414. The average Bonchev–Trinajstić information content (AvgIpc) is 3.34. The van der Waals surface area contributed by atoms with Crippen molar-refractivity contribution in [3.05, 3.63) is 52.6 Å². The quantitative estimate of drug-likeness (QED) is 0.884. The zero-order chi connectivity index (χ0) is 14.7. The largest absolute Gasteiger partial charge is 0.497 e. The van der Waals surface area contributed by atoms with Crippen molar-refractivity contribution in [1.29, 1.82) is 0 Å². The maximum atomic E-state index is 12.2. The first-order valence-electron chi connectivity index (χ1n) is 7.22. The summed E-state index contributed by atoms with van der Waals surface area (Å²) in [6.07, 6.45) is 6.46. The molecule has 0 atom stereocenters. The molecule has 21 heavy (non-hydrogen) atoms. The fraction of sp³-hybridized carbons (Fsp3) is 0.375. The molecule has 110 valence electrons. The Hall–Kier alpha value is -2.30. The van der Waals surface area contributed by atoms with Gasteiger partial charge in [-0.05, 0) is 37.0 Å². The summed E-state index contributed by atoms with van der Waals surface area (Å²) in [7, 11) is 1.66. The van der Waals surface area contributed by atoms with Crippen molar-refractivity contribution in [2.24, 2.45) is 0 Å². The van der Waals surface area contributed by atoms with Crippen LogP contribution in [-0.4, -0.2) is 23.2 Å². The fourth-order valence-corrected chi connectivity index (χ4v) is 2.34. The third kappa shape index (κ3) is 3.24. The number of anilines is 1. The van der Waals surface area contributed by atoms with Gasteiger partial charge in [0, 0.05) is 25.0 Å². The van der Waals surface area contributed by atoms with Crippen molar-refractivity contribution < 1.29 is 4.74 Å². The molecule has 0 amide bonds. The highest BCUT2D eigenvalue weighted by Crippen LogP contribution is 2.33. The molecule has 0 saturated heterocycles. The van der Waals surface area contributed by atoms with Gasteiger partial charge >= 0.3 is 0 Å². The Balaban J connectivity index is 1.62. The second-order valence-corrected chi connectivity index (χ2v) is 5.25. The van der Waals surface area contributed by atoms with Crippen molar-refractivity contribution in [2.45, 2.75) is 25.3 Å². The summed E-state index contributed by atoms with van der Waals surface area (Å²) in [4.78, 5) is 16.4. The van der Waals surface area contributed by atoms with Crippen LogP contribution in [0.5, 0.6) is 5.75 Å². The van der Waals surface area contributed by atoms with E-state index in [1.54, 1.807) is 24.1 Å². The highest BCUT2D eigenvalue weighted by Gasteiger charge is 2.25. The van der Waals surface area contributed by atoms with Crippen molar-refractivity contribution in [1.82, 2.24) is 9.55 Å². The Bertz CT molecular complexity index is 677. The topological polar surface area (TPSA) is 56.1 Å². The van der Waals surface area contributed by atoms with E-state index < -0.39 is 0 Å². The maximum Gasteiger partial charge on any atom is 0.293 e. The normalized spacial score (nSPS) is 14.0. The van der Waals surface area contributed by atoms with Crippen LogP contribution in [-0.2, 0) is 6.42 Å². The van der Waals surface area contributed by atoms with Crippen molar-refractivity contribution in [2.75, 3.05) is 19.0 Å². The van der Waals surface area contributed by atoms with Crippen LogP contribution in [0.4, 0.5) is 5.82 Å². The highest BCUT2D eigenvalue weighted by atomic mass is 16.5. The van der Waals surface area contributed by atoms with Gasteiger partial charge in [-0.25, -0.2) is 4.98 Å². The van der Waals surface area contributed by atoms with Gasteiger partial charge in [-0.15, -0.1) is 0 Å². The van der Waals surface area contributed by atoms with E-state index in [4.69, 9.17) is 4.74 Å². The first-order valence-corrected chi connectivity index (χ1v) is 7.22. The Morgan fingerprint density at radius 1 is 1.43 bits per heavy atom. The minimum Gasteiger partial charge on any atom is -0.497 e. The van der Waals surface area contributed by atoms with Gasteiger partial charge < -0.3 is 14.6 Å². The van der Waals surface area contributed by atoms with E-state index in [-0.39, 0.29) is 5.56 Å². The van der Waals surface area contributed by atoms with Crippen LogP contribution in [0.1, 0.15) is 24.4 Å². The van der Waals surface area contributed by atoms with Gasteiger partial charge in [-0.1, -0.05) is 12.1 Å². The van der Waals surface area contributed by atoms with Crippen LogP contribution in [0.15, 0.2) is 41.5 Å². The molecular formula is C16H19N3O2. The SMILES string of the molecule is COc1cccc(CCNc2nccn(C3CC3)c2=O)c1. The third-order valence-electron chi connectivity index (χ3n) is 3.65. The molecule has 0 spiro atoms. The number of benzene rings is 1. The Morgan fingerprint density at radius 3 is 3.05 bits per heavy atom. The van der Waals surface area contributed by atoms with Crippen LogP contribution in [0.25, 0.3) is 0 Å². The van der Waals surface area contributed by atoms with Gasteiger partial charge in [0.25, 0.3) is 5.56 Å². The lowest BCUT2D eigenvalue weighted by Crippen LogP contribution is -2.24. The summed E-state index contributed by atoms with van der Waals surface area (Å²) in [5.41, 5.74) is 1.14. The summed E-state index contributed by atoms with van der Waals surface area (Å²) in [6.45, 7) is 0.671. The highest BCUT2D eigenvalue weighted by molar-refractivity contribution is 5.33. The first-order chi connectivity index (χ1) is 10.3. The predicted molar refractivity (Wildman–Crippen MR) is 82.0 cm³/mol. The van der Waals surface area contributed by atoms with Crippen molar-refractivity contribution >= 4 is 5.82 Å². The zero-order valence-corrected chi connectivity index (χ0v) is 12.1. The van der Waals surface area contributed by atoms with Crippen LogP contribution >= 0.6 is 0 Å². The summed E-state index contributed by atoms with van der Waals surface area (Å²) >= 11 is 0. The number of hydrogen-bond acceptors (Lipinski definition) is 4. The molecule has 1 aromatic heterocycles. The number of aromatic nitrogens is 2. The molecule has 1 aliphatic rings. The van der Waals surface area contributed by atoms with Gasteiger partial charge in [-0.2, -0.15) is 0 Å². The Labute approximate surface area is 123 Å². The minimum atomic E-state index is -0.0226. The van der Waals surface area contributed by atoms with Crippen molar-refractivity contribution in [3.63, 3.8) is 0 Å². The molecule has 5 heteroatoms. The number of hydrogen-bond donors (Lipinski definition) is 1. The van der Waals surface area contributed by atoms with Crippen LogP contribution in [0, 0.1) is 0 Å². The van der Waals surface area contributed by atoms with Crippen molar-refractivity contribution in [3.8, 4) is 5.75 Å². The second-order valence-electron chi connectivity index (χ2n) is 5.25.